The van der Waals surface area contributed by atoms with Crippen molar-refractivity contribution < 1.29 is 19.4 Å². The van der Waals surface area contributed by atoms with Crippen molar-refractivity contribution in [3.8, 4) is 0 Å². The van der Waals surface area contributed by atoms with Gasteiger partial charge in [0.1, 0.15) is 0 Å². The summed E-state index contributed by atoms with van der Waals surface area (Å²) in [7, 11) is 1.60. The number of hydrogen-bond acceptors (Lipinski definition) is 3. The maximum Gasteiger partial charge on any atom is 0.311 e. The molecule has 1 atom stereocenters. The van der Waals surface area contributed by atoms with Crippen LogP contribution in [0.2, 0.25) is 5.02 Å². The number of carboxylic acid groups (broad SMARTS) is 1. The fourth-order valence-corrected chi connectivity index (χ4v) is 3.25. The number of carboxylic acids is 1. The van der Waals surface area contributed by atoms with Crippen molar-refractivity contribution >= 4 is 23.5 Å². The first-order valence-corrected chi connectivity index (χ1v) is 8.13. The van der Waals surface area contributed by atoms with Gasteiger partial charge in [-0.1, -0.05) is 11.6 Å². The number of carbonyl (C=O) groups is 2. The molecule has 1 aliphatic rings. The number of carbonyl (C=O) groups excluding carboxylic acids is 1. The first kappa shape index (κ1) is 17.8. The maximum absolute atomic E-state index is 12.6. The second kappa shape index (κ2) is 7.79. The minimum absolute atomic E-state index is 0.140. The van der Waals surface area contributed by atoms with Crippen molar-refractivity contribution in [2.45, 2.75) is 25.7 Å². The van der Waals surface area contributed by atoms with Crippen molar-refractivity contribution in [1.29, 1.82) is 0 Å². The lowest BCUT2D eigenvalue weighted by molar-refractivity contribution is -0.152. The molecule has 1 saturated heterocycles. The molecule has 0 unspecified atom stereocenters. The molecule has 2 rings (SSSR count). The largest absolute Gasteiger partial charge is 0.481 e. The highest BCUT2D eigenvalue weighted by atomic mass is 35.5. The second-order valence-corrected chi connectivity index (χ2v) is 6.46. The molecule has 0 aliphatic carbocycles. The third kappa shape index (κ3) is 4.24. The van der Waals surface area contributed by atoms with Crippen LogP contribution in [0.1, 0.15) is 36.0 Å². The molecule has 126 valence electrons. The van der Waals surface area contributed by atoms with E-state index in [0.717, 1.165) is 0 Å². The van der Waals surface area contributed by atoms with E-state index in [1.165, 1.54) is 0 Å². The Bertz CT molecular complexity index is 560. The van der Waals surface area contributed by atoms with Gasteiger partial charge in [0.05, 0.1) is 5.41 Å². The second-order valence-electron chi connectivity index (χ2n) is 6.02. The van der Waals surface area contributed by atoms with Gasteiger partial charge in [-0.2, -0.15) is 0 Å². The average molecular weight is 340 g/mol. The van der Waals surface area contributed by atoms with Crippen LogP contribution in [0.5, 0.6) is 0 Å². The highest BCUT2D eigenvalue weighted by Crippen LogP contribution is 2.35. The molecule has 5 nitrogen and oxygen atoms in total. The Balaban J connectivity index is 2.12. The average Bonchev–Trinajstić information content (AvgIpc) is 2.55. The van der Waals surface area contributed by atoms with E-state index in [0.29, 0.717) is 49.4 Å². The third-order valence-electron chi connectivity index (χ3n) is 4.41. The predicted molar refractivity (Wildman–Crippen MR) is 87.8 cm³/mol. The highest BCUT2D eigenvalue weighted by Gasteiger charge is 2.43. The summed E-state index contributed by atoms with van der Waals surface area (Å²) in [5.41, 5.74) is -0.341. The molecular weight excluding hydrogens is 318 g/mol. The predicted octanol–water partition coefficient (Wildman–Crippen LogP) is 3.07. The molecule has 6 heteroatoms. The Morgan fingerprint density at radius 1 is 1.35 bits per heavy atom. The summed E-state index contributed by atoms with van der Waals surface area (Å²) in [6.07, 6.45) is 2.47. The summed E-state index contributed by atoms with van der Waals surface area (Å²) in [6.45, 7) is 1.36. The van der Waals surface area contributed by atoms with Gasteiger partial charge < -0.3 is 14.7 Å². The number of benzene rings is 1. The monoisotopic (exact) mass is 339 g/mol. The normalized spacial score (nSPS) is 21.2. The number of rotatable bonds is 6. The maximum atomic E-state index is 12.6. The fraction of sp³-hybridized carbons (Fsp3) is 0.529. The third-order valence-corrected chi connectivity index (χ3v) is 4.66. The van der Waals surface area contributed by atoms with Crippen molar-refractivity contribution in [2.24, 2.45) is 5.41 Å². The standard InChI is InChI=1S/C17H22ClNO4/c1-23-11-3-9-17(16(21)22)8-2-10-19(12-17)15(20)13-4-6-14(18)7-5-13/h4-7H,2-3,8-12H2,1H3,(H,21,22)/t17-/m0/s1. The van der Waals surface area contributed by atoms with Crippen LogP contribution < -0.4 is 0 Å². The van der Waals surface area contributed by atoms with E-state index in [1.807, 2.05) is 0 Å². The molecular formula is C17H22ClNO4. The molecule has 1 N–H and O–H groups in total. The van der Waals surface area contributed by atoms with Crippen molar-refractivity contribution in [3.63, 3.8) is 0 Å². The number of aliphatic carboxylic acids is 1. The van der Waals surface area contributed by atoms with E-state index in [2.05, 4.69) is 0 Å². The van der Waals surface area contributed by atoms with Gasteiger partial charge in [0.2, 0.25) is 0 Å². The Morgan fingerprint density at radius 2 is 2.04 bits per heavy atom. The Hall–Kier alpha value is -1.59. The molecule has 0 aromatic heterocycles. The van der Waals surface area contributed by atoms with Gasteiger partial charge in [0, 0.05) is 37.4 Å². The minimum Gasteiger partial charge on any atom is -0.481 e. The molecule has 1 amide bonds. The molecule has 0 saturated carbocycles. The molecule has 1 aliphatic heterocycles. The van der Waals surface area contributed by atoms with Gasteiger partial charge in [-0.25, -0.2) is 0 Å². The zero-order chi connectivity index (χ0) is 16.9. The summed E-state index contributed by atoms with van der Waals surface area (Å²) in [4.78, 5) is 26.1. The van der Waals surface area contributed by atoms with Crippen LogP contribution in [0.4, 0.5) is 0 Å². The van der Waals surface area contributed by atoms with Crippen molar-refractivity contribution in [1.82, 2.24) is 4.90 Å². The van der Waals surface area contributed by atoms with Crippen LogP contribution in [0.3, 0.4) is 0 Å². The number of ether oxygens (including phenoxy) is 1. The van der Waals surface area contributed by atoms with Crippen LogP contribution >= 0.6 is 11.6 Å². The van der Waals surface area contributed by atoms with E-state index in [9.17, 15) is 14.7 Å². The van der Waals surface area contributed by atoms with Gasteiger partial charge in [-0.3, -0.25) is 9.59 Å². The number of amides is 1. The zero-order valence-corrected chi connectivity index (χ0v) is 14.0. The minimum atomic E-state index is -0.876. The molecule has 1 fully saturated rings. The van der Waals surface area contributed by atoms with E-state index >= 15 is 0 Å². The number of methoxy groups -OCH3 is 1. The molecule has 0 spiro atoms. The van der Waals surface area contributed by atoms with Gasteiger partial charge in [-0.15, -0.1) is 0 Å². The van der Waals surface area contributed by atoms with E-state index < -0.39 is 11.4 Å². The van der Waals surface area contributed by atoms with Gasteiger partial charge in [-0.05, 0) is 49.9 Å². The van der Waals surface area contributed by atoms with Crippen LogP contribution in [0.25, 0.3) is 0 Å². The smallest absolute Gasteiger partial charge is 0.311 e. The first-order valence-electron chi connectivity index (χ1n) is 7.76. The van der Waals surface area contributed by atoms with Crippen LogP contribution in [0, 0.1) is 5.41 Å². The van der Waals surface area contributed by atoms with Crippen molar-refractivity contribution in [2.75, 3.05) is 26.8 Å². The van der Waals surface area contributed by atoms with Crippen LogP contribution in [-0.2, 0) is 9.53 Å². The van der Waals surface area contributed by atoms with Crippen LogP contribution in [-0.4, -0.2) is 48.7 Å². The quantitative estimate of drug-likeness (QED) is 0.809. The molecule has 1 aromatic carbocycles. The molecule has 23 heavy (non-hydrogen) atoms. The summed E-state index contributed by atoms with van der Waals surface area (Å²) in [6, 6.07) is 6.68. The van der Waals surface area contributed by atoms with E-state index in [-0.39, 0.29) is 12.5 Å². The number of hydrogen-bond donors (Lipinski definition) is 1. The Morgan fingerprint density at radius 3 is 2.65 bits per heavy atom. The zero-order valence-electron chi connectivity index (χ0n) is 13.3. The summed E-state index contributed by atoms with van der Waals surface area (Å²) in [5.74, 6) is -0.971. The van der Waals surface area contributed by atoms with Gasteiger partial charge in [0.25, 0.3) is 5.91 Å². The van der Waals surface area contributed by atoms with Crippen LogP contribution in [0.15, 0.2) is 24.3 Å². The number of piperidine rings is 1. The Labute approximate surface area is 141 Å². The summed E-state index contributed by atoms with van der Waals surface area (Å²) in [5, 5.41) is 10.3. The number of nitrogens with zero attached hydrogens (tertiary/aromatic N) is 1. The van der Waals surface area contributed by atoms with Crippen molar-refractivity contribution in [3.05, 3.63) is 34.9 Å². The molecule has 0 bridgehead atoms. The lowest BCUT2D eigenvalue weighted by atomic mass is 9.76. The summed E-state index contributed by atoms with van der Waals surface area (Å²) < 4.78 is 5.03. The van der Waals surface area contributed by atoms with Gasteiger partial charge >= 0.3 is 5.97 Å². The number of likely N-dealkylation sites (tertiary alicyclic amines) is 1. The van der Waals surface area contributed by atoms with E-state index in [1.54, 1.807) is 36.3 Å². The highest BCUT2D eigenvalue weighted by molar-refractivity contribution is 6.30. The first-order chi connectivity index (χ1) is 11.0. The van der Waals surface area contributed by atoms with E-state index in [4.69, 9.17) is 16.3 Å². The topological polar surface area (TPSA) is 66.8 Å². The molecule has 1 heterocycles. The van der Waals surface area contributed by atoms with Gasteiger partial charge in [0.15, 0.2) is 0 Å². The lowest BCUT2D eigenvalue weighted by Gasteiger charge is -2.40. The SMILES string of the molecule is COCCC[C@@]1(C(=O)O)CCCN(C(=O)c2ccc(Cl)cc2)C1. The number of halogens is 1. The molecule has 1 aromatic rings. The lowest BCUT2D eigenvalue weighted by Crippen LogP contribution is -2.50. The fourth-order valence-electron chi connectivity index (χ4n) is 3.12. The Kier molecular flexibility index (Phi) is 6.02. The summed E-state index contributed by atoms with van der Waals surface area (Å²) >= 11 is 5.85. The molecule has 0 radical (unpaired) electrons.